The molecule has 0 saturated heterocycles. The zero-order chi connectivity index (χ0) is 5.98. The summed E-state index contributed by atoms with van der Waals surface area (Å²) in [6.07, 6.45) is 0. The molecule has 0 unspecified atom stereocenters. The molecule has 0 saturated carbocycles. The van der Waals surface area contributed by atoms with Gasteiger partial charge in [-0.1, -0.05) is 0 Å². The van der Waals surface area contributed by atoms with Gasteiger partial charge in [0.05, 0.1) is 10.3 Å². The topological polar surface area (TPSA) is 97.6 Å². The number of nitrogens with zero attached hydrogens (tertiary/aromatic N) is 4. The Morgan fingerprint density at radius 3 is 2.56 bits per heavy atom. The van der Waals surface area contributed by atoms with Gasteiger partial charge in [0.25, 0.3) is 0 Å². The molecule has 1 aromatic rings. The summed E-state index contributed by atoms with van der Waals surface area (Å²) >= 11 is 0. The van der Waals surface area contributed by atoms with Gasteiger partial charge in [0.2, 0.25) is 0 Å². The van der Waals surface area contributed by atoms with E-state index in [1.165, 1.54) is 0 Å². The maximum absolute atomic E-state index is 9.69. The van der Waals surface area contributed by atoms with Crippen molar-refractivity contribution in [3.05, 3.63) is 10.1 Å². The van der Waals surface area contributed by atoms with Crippen LogP contribution in [0.3, 0.4) is 0 Å². The number of nitro groups is 1. The Kier molecular flexibility index (Phi) is 2.75. The zero-order valence-corrected chi connectivity index (χ0v) is 4.85. The van der Waals surface area contributed by atoms with Gasteiger partial charge in [-0.05, 0) is 4.92 Å². The van der Waals surface area contributed by atoms with Crippen molar-refractivity contribution in [2.75, 3.05) is 0 Å². The van der Waals surface area contributed by atoms with E-state index in [0.717, 1.165) is 0 Å². The minimum atomic E-state index is -0.708. The quantitative estimate of drug-likeness (QED) is 0.342. The first kappa shape index (κ1) is 7.99. The van der Waals surface area contributed by atoms with Crippen LogP contribution >= 0.6 is 0 Å². The summed E-state index contributed by atoms with van der Waals surface area (Å²) in [5.41, 5.74) is 0. The van der Waals surface area contributed by atoms with Crippen molar-refractivity contribution in [1.29, 1.82) is 0 Å². The predicted molar refractivity (Wildman–Crippen MR) is 20.8 cm³/mol. The third-order valence-corrected chi connectivity index (χ3v) is 0.507. The summed E-state index contributed by atoms with van der Waals surface area (Å²) in [4.78, 5) is 8.99. The van der Waals surface area contributed by atoms with Gasteiger partial charge in [0, 0.05) is 5.21 Å². The molecule has 1 N–H and O–H groups in total. The average Bonchev–Trinajstić information content (AvgIpc) is 2.12. The number of tetrazole rings is 1. The van der Waals surface area contributed by atoms with E-state index >= 15 is 0 Å². The van der Waals surface area contributed by atoms with E-state index < -0.39 is 10.9 Å². The Bertz CT molecular complexity index is 183. The Balaban J connectivity index is 0.000000640. The second-order valence-corrected chi connectivity index (χ2v) is 0.982. The van der Waals surface area contributed by atoms with Crippen molar-refractivity contribution < 1.29 is 22.0 Å². The molecule has 0 amide bonds. The van der Waals surface area contributed by atoms with Crippen molar-refractivity contribution >= 4 is 5.95 Å². The summed E-state index contributed by atoms with van der Waals surface area (Å²) in [5.74, 6) is -0.440. The molecular formula is CHCuN5O2+. The maximum atomic E-state index is 9.69. The summed E-state index contributed by atoms with van der Waals surface area (Å²) < 4.78 is 0. The largest absolute Gasteiger partial charge is 1.00 e. The molecule has 0 radical (unpaired) electrons. The number of hydrogen-bond donors (Lipinski definition) is 1. The molecule has 8 heteroatoms. The molecule has 1 aromatic heterocycles. The Morgan fingerprint density at radius 1 is 1.67 bits per heavy atom. The average molecular weight is 179 g/mol. The molecule has 0 spiro atoms. The molecule has 52 valence electrons. The molecule has 0 aliphatic heterocycles. The molecule has 1 heterocycles. The van der Waals surface area contributed by atoms with Gasteiger partial charge in [-0.15, -0.1) is 5.10 Å². The van der Waals surface area contributed by atoms with Crippen LogP contribution in [0.15, 0.2) is 0 Å². The summed E-state index contributed by atoms with van der Waals surface area (Å²) in [7, 11) is 0. The first-order chi connectivity index (χ1) is 3.80. The summed E-state index contributed by atoms with van der Waals surface area (Å²) in [5, 5.41) is 20.6. The molecule has 9 heavy (non-hydrogen) atoms. The second kappa shape index (κ2) is 3.10. The van der Waals surface area contributed by atoms with E-state index in [-0.39, 0.29) is 17.1 Å². The minimum absolute atomic E-state index is 0. The third-order valence-electron chi connectivity index (χ3n) is 0.507. The molecule has 0 aromatic carbocycles. The van der Waals surface area contributed by atoms with E-state index in [1.807, 2.05) is 5.10 Å². The maximum Gasteiger partial charge on any atom is 1.00 e. The van der Waals surface area contributed by atoms with Crippen LogP contribution in [0.5, 0.6) is 0 Å². The van der Waals surface area contributed by atoms with Gasteiger partial charge < -0.3 is 10.1 Å². The fourth-order valence-corrected chi connectivity index (χ4v) is 0.232. The van der Waals surface area contributed by atoms with Crippen LogP contribution in [0.1, 0.15) is 0 Å². The van der Waals surface area contributed by atoms with Gasteiger partial charge in [0.15, 0.2) is 0 Å². The van der Waals surface area contributed by atoms with E-state index in [0.29, 0.717) is 0 Å². The smallest absolute Gasteiger partial charge is 0.390 e. The van der Waals surface area contributed by atoms with E-state index in [1.54, 1.807) is 0 Å². The standard InChI is InChI=1S/CHN5O2.Cu/c7-6(8)1-2-4-5-3-1;/h(H,2,3,4,5);/q;+1. The van der Waals surface area contributed by atoms with Crippen LogP contribution < -0.4 is 0 Å². The molecule has 7 nitrogen and oxygen atoms in total. The molecular weight excluding hydrogens is 178 g/mol. The molecule has 0 atom stereocenters. The van der Waals surface area contributed by atoms with Crippen molar-refractivity contribution in [2.45, 2.75) is 0 Å². The summed E-state index contributed by atoms with van der Waals surface area (Å²) in [6, 6.07) is 0. The number of H-pyrrole nitrogens is 1. The van der Waals surface area contributed by atoms with Crippen LogP contribution in [-0.4, -0.2) is 25.5 Å². The van der Waals surface area contributed by atoms with Crippen molar-refractivity contribution in [2.24, 2.45) is 0 Å². The van der Waals surface area contributed by atoms with E-state index in [4.69, 9.17) is 0 Å². The predicted octanol–water partition coefficient (Wildman–Crippen LogP) is -0.895. The number of hydrogen-bond acceptors (Lipinski definition) is 5. The monoisotopic (exact) mass is 178 g/mol. The zero-order valence-electron chi connectivity index (χ0n) is 3.91. The van der Waals surface area contributed by atoms with Gasteiger partial charge >= 0.3 is 23.0 Å². The minimum Gasteiger partial charge on any atom is -0.390 e. The number of rotatable bonds is 1. The Labute approximate surface area is 59.5 Å². The third kappa shape index (κ3) is 1.74. The van der Waals surface area contributed by atoms with Gasteiger partial charge in [-0.3, -0.25) is 0 Å². The first-order valence-corrected chi connectivity index (χ1v) is 1.69. The van der Waals surface area contributed by atoms with Crippen LogP contribution in [0.2, 0.25) is 0 Å². The van der Waals surface area contributed by atoms with Crippen LogP contribution in [0, 0.1) is 10.1 Å². The van der Waals surface area contributed by atoms with E-state index in [2.05, 4.69) is 15.5 Å². The van der Waals surface area contributed by atoms with Crippen molar-refractivity contribution in [3.8, 4) is 0 Å². The van der Waals surface area contributed by atoms with Crippen molar-refractivity contribution in [3.63, 3.8) is 0 Å². The Hall–Kier alpha value is -1.01. The first-order valence-electron chi connectivity index (χ1n) is 1.69. The molecule has 0 fully saturated rings. The fraction of sp³-hybridized carbons (Fsp3) is 0. The normalized spacial score (nSPS) is 8.00. The number of aromatic nitrogens is 4. The molecule has 0 aliphatic carbocycles. The van der Waals surface area contributed by atoms with Crippen LogP contribution in [-0.2, 0) is 17.1 Å². The van der Waals surface area contributed by atoms with E-state index in [9.17, 15) is 10.1 Å². The SMILES string of the molecule is O=[N+]([O-])c1nnn[nH]1.[Cu+]. The van der Waals surface area contributed by atoms with Crippen LogP contribution in [0.4, 0.5) is 5.95 Å². The molecule has 0 aliphatic rings. The number of nitrogens with one attached hydrogen (secondary N) is 1. The molecule has 0 bridgehead atoms. The number of aromatic amines is 1. The molecule has 1 rings (SSSR count). The van der Waals surface area contributed by atoms with Gasteiger partial charge in [0.1, 0.15) is 0 Å². The van der Waals surface area contributed by atoms with Crippen LogP contribution in [0.25, 0.3) is 0 Å². The van der Waals surface area contributed by atoms with Gasteiger partial charge in [-0.2, -0.15) is 0 Å². The second-order valence-electron chi connectivity index (χ2n) is 0.982. The summed E-state index contributed by atoms with van der Waals surface area (Å²) in [6.45, 7) is 0. The van der Waals surface area contributed by atoms with Gasteiger partial charge in [-0.25, -0.2) is 0 Å². The van der Waals surface area contributed by atoms with Crippen molar-refractivity contribution in [1.82, 2.24) is 20.6 Å². The fourth-order valence-electron chi connectivity index (χ4n) is 0.232. The Morgan fingerprint density at radius 2 is 2.33 bits per heavy atom.